The summed E-state index contributed by atoms with van der Waals surface area (Å²) in [7, 11) is 1.34. The van der Waals surface area contributed by atoms with Gasteiger partial charge < -0.3 is 29.2 Å². The van der Waals surface area contributed by atoms with Crippen LogP contribution in [0.4, 0.5) is 0 Å². The average molecular weight is 840 g/mol. The van der Waals surface area contributed by atoms with Crippen molar-refractivity contribution in [2.24, 2.45) is 5.92 Å². The lowest BCUT2D eigenvalue weighted by molar-refractivity contribution is -0.137. The summed E-state index contributed by atoms with van der Waals surface area (Å²) >= 11 is 3.31. The van der Waals surface area contributed by atoms with Gasteiger partial charge in [0.15, 0.2) is 11.5 Å². The van der Waals surface area contributed by atoms with E-state index in [-0.39, 0.29) is 61.9 Å². The summed E-state index contributed by atoms with van der Waals surface area (Å²) in [6, 6.07) is 11.0. The molecular weight excluding hydrogens is 796 g/mol. The van der Waals surface area contributed by atoms with Crippen LogP contribution in [-0.2, 0) is 20.7 Å². The van der Waals surface area contributed by atoms with Gasteiger partial charge >= 0.3 is 23.9 Å². The van der Waals surface area contributed by atoms with E-state index in [1.54, 1.807) is 68.4 Å². The first kappa shape index (κ1) is 42.1. The summed E-state index contributed by atoms with van der Waals surface area (Å²) in [6.45, 7) is 15.0. The topological polar surface area (TPSA) is 163 Å². The minimum absolute atomic E-state index is 0.0276. The van der Waals surface area contributed by atoms with E-state index in [2.05, 4.69) is 15.9 Å². The third-order valence-corrected chi connectivity index (χ3v) is 11.4. The number of aryl methyl sites for hydroxylation is 1. The Bertz CT molecular complexity index is 2400. The van der Waals surface area contributed by atoms with Crippen LogP contribution in [0.1, 0.15) is 93.6 Å². The Hall–Kier alpha value is -6.01. The summed E-state index contributed by atoms with van der Waals surface area (Å²) in [5.74, 6) is -4.74. The summed E-state index contributed by atoms with van der Waals surface area (Å²) in [4.78, 5) is 65.6. The number of aromatic hydroxyl groups is 1. The molecule has 0 amide bonds. The van der Waals surface area contributed by atoms with Crippen molar-refractivity contribution >= 4 is 45.6 Å². The molecule has 0 aromatic heterocycles. The monoisotopic (exact) mass is 838 g/mol. The zero-order chi connectivity index (χ0) is 42.2. The standard InChI is InChI=1S/C45H43BrO11/c1-20-16-30(47)19-33(54-10)35(20)44(52)57-41-27(8)24(5)37(39(48)38(41)46)45(53)55-32-17-21(2)34(31(28(32)9)18-29-14-12-11-13-15-29)43(51)56-40-25(6)22(3)36(42(49)50)23(4)26(40)7/h11-17,19,35,48H,18H2,1-10H3,(H,49,50). The van der Waals surface area contributed by atoms with Crippen LogP contribution >= 0.6 is 15.9 Å². The van der Waals surface area contributed by atoms with Crippen molar-refractivity contribution in [2.45, 2.75) is 68.7 Å². The lowest BCUT2D eigenvalue weighted by atomic mass is 9.91. The minimum Gasteiger partial charge on any atom is -0.506 e. The van der Waals surface area contributed by atoms with Gasteiger partial charge in [-0.2, -0.15) is 0 Å². The Morgan fingerprint density at radius 2 is 1.26 bits per heavy atom. The summed E-state index contributed by atoms with van der Waals surface area (Å²) in [6.07, 6.45) is 2.79. The fourth-order valence-electron chi connectivity index (χ4n) is 7.13. The number of ketones is 1. The summed E-state index contributed by atoms with van der Waals surface area (Å²) in [5.41, 5.74) is 5.68. The highest BCUT2D eigenvalue weighted by atomic mass is 79.9. The predicted molar refractivity (Wildman–Crippen MR) is 216 cm³/mol. The smallest absolute Gasteiger partial charge is 0.347 e. The molecule has 296 valence electrons. The molecule has 5 rings (SSSR count). The van der Waals surface area contributed by atoms with Gasteiger partial charge in [-0.3, -0.25) is 9.59 Å². The normalized spacial score (nSPS) is 13.7. The fraction of sp³-hybridized carbons (Fsp3) is 0.267. The van der Waals surface area contributed by atoms with E-state index in [0.29, 0.717) is 50.1 Å². The second kappa shape index (κ2) is 16.6. The number of allylic oxidation sites excluding steroid dienone is 2. The van der Waals surface area contributed by atoms with Gasteiger partial charge in [0.1, 0.15) is 39.0 Å². The zero-order valence-electron chi connectivity index (χ0n) is 33.3. The first-order valence-electron chi connectivity index (χ1n) is 18.0. The van der Waals surface area contributed by atoms with Gasteiger partial charge in [-0.25, -0.2) is 14.4 Å². The molecule has 11 nitrogen and oxygen atoms in total. The van der Waals surface area contributed by atoms with Gasteiger partial charge in [0.25, 0.3) is 0 Å². The van der Waals surface area contributed by atoms with Gasteiger partial charge in [0.05, 0.1) is 18.2 Å². The summed E-state index contributed by atoms with van der Waals surface area (Å²) < 4.78 is 23.0. The van der Waals surface area contributed by atoms with Crippen LogP contribution in [0.3, 0.4) is 0 Å². The number of methoxy groups -OCH3 is 1. The first-order chi connectivity index (χ1) is 26.8. The van der Waals surface area contributed by atoms with Crippen LogP contribution < -0.4 is 14.2 Å². The lowest BCUT2D eigenvalue weighted by Gasteiger charge is -2.23. The Kier molecular flexibility index (Phi) is 12.3. The second-order valence-electron chi connectivity index (χ2n) is 14.1. The first-order valence-corrected chi connectivity index (χ1v) is 18.8. The molecule has 12 heteroatoms. The number of rotatable bonds is 10. The molecular formula is C45H43BrO11. The number of halogens is 1. The lowest BCUT2D eigenvalue weighted by Crippen LogP contribution is -2.28. The molecule has 2 N–H and O–H groups in total. The van der Waals surface area contributed by atoms with Crippen molar-refractivity contribution in [1.29, 1.82) is 0 Å². The van der Waals surface area contributed by atoms with Gasteiger partial charge in [-0.1, -0.05) is 30.3 Å². The highest BCUT2D eigenvalue weighted by Crippen LogP contribution is 2.44. The number of carboxylic acids is 1. The van der Waals surface area contributed by atoms with E-state index in [1.807, 2.05) is 30.3 Å². The third kappa shape index (κ3) is 8.00. The molecule has 4 aromatic carbocycles. The summed E-state index contributed by atoms with van der Waals surface area (Å²) in [5, 5.41) is 21.2. The average Bonchev–Trinajstić information content (AvgIpc) is 3.15. The maximum Gasteiger partial charge on any atom is 0.347 e. The Balaban J connectivity index is 1.53. The molecule has 0 fully saturated rings. The fourth-order valence-corrected chi connectivity index (χ4v) is 7.71. The van der Waals surface area contributed by atoms with Gasteiger partial charge in [0, 0.05) is 6.08 Å². The van der Waals surface area contributed by atoms with Crippen molar-refractivity contribution in [2.75, 3.05) is 7.11 Å². The molecule has 0 radical (unpaired) electrons. The predicted octanol–water partition coefficient (Wildman–Crippen LogP) is 8.93. The van der Waals surface area contributed by atoms with Gasteiger partial charge in [0.2, 0.25) is 0 Å². The van der Waals surface area contributed by atoms with Crippen LogP contribution in [0.15, 0.2) is 64.4 Å². The number of carbonyl (C=O) groups is 5. The Labute approximate surface area is 339 Å². The SMILES string of the molecule is COC1=CC(=O)C=C(C)C1C(=O)Oc1c(C)c(C)c(C(=O)Oc2cc(C)c(C(=O)Oc3c(C)c(C)c(C(=O)O)c(C)c3C)c(Cc3ccccc3)c2C)c(O)c1Br. The third-order valence-electron chi connectivity index (χ3n) is 10.7. The van der Waals surface area contributed by atoms with Gasteiger partial charge in [-0.05, 0) is 158 Å². The molecule has 0 aliphatic heterocycles. The zero-order valence-corrected chi connectivity index (χ0v) is 34.9. The molecule has 1 aliphatic rings. The molecule has 0 bridgehead atoms. The molecule has 0 saturated carbocycles. The second-order valence-corrected chi connectivity index (χ2v) is 14.9. The van der Waals surface area contributed by atoms with Crippen molar-refractivity contribution in [3.8, 4) is 23.0 Å². The highest BCUT2D eigenvalue weighted by molar-refractivity contribution is 9.10. The number of benzene rings is 4. The maximum absolute atomic E-state index is 14.2. The number of hydrogen-bond donors (Lipinski definition) is 2. The number of ether oxygens (including phenoxy) is 4. The molecule has 1 unspecified atom stereocenters. The van der Waals surface area contributed by atoms with Crippen LogP contribution in [0.5, 0.6) is 23.0 Å². The van der Waals surface area contributed by atoms with E-state index in [0.717, 1.165) is 5.56 Å². The van der Waals surface area contributed by atoms with E-state index in [1.165, 1.54) is 19.3 Å². The van der Waals surface area contributed by atoms with Crippen molar-refractivity contribution in [1.82, 2.24) is 0 Å². The molecule has 0 heterocycles. The highest BCUT2D eigenvalue weighted by Gasteiger charge is 2.34. The molecule has 0 saturated heterocycles. The van der Waals surface area contributed by atoms with Crippen LogP contribution in [0, 0.1) is 61.3 Å². The number of phenolic OH excluding ortho intramolecular Hbond substituents is 1. The number of hydrogen-bond acceptors (Lipinski definition) is 10. The number of carboxylic acid groups (broad SMARTS) is 1. The number of phenols is 1. The van der Waals surface area contributed by atoms with E-state index >= 15 is 0 Å². The van der Waals surface area contributed by atoms with Crippen LogP contribution in [-0.4, -0.2) is 47.0 Å². The Morgan fingerprint density at radius 1 is 0.702 bits per heavy atom. The molecule has 1 atom stereocenters. The molecule has 4 aromatic rings. The van der Waals surface area contributed by atoms with Gasteiger partial charge in [-0.15, -0.1) is 0 Å². The maximum atomic E-state index is 14.2. The largest absolute Gasteiger partial charge is 0.506 e. The van der Waals surface area contributed by atoms with E-state index in [4.69, 9.17) is 18.9 Å². The number of carbonyl (C=O) groups excluding carboxylic acids is 4. The van der Waals surface area contributed by atoms with Crippen molar-refractivity contribution < 1.29 is 53.1 Å². The van der Waals surface area contributed by atoms with E-state index in [9.17, 15) is 34.2 Å². The van der Waals surface area contributed by atoms with Crippen LogP contribution in [0.25, 0.3) is 0 Å². The Morgan fingerprint density at radius 3 is 1.84 bits per heavy atom. The van der Waals surface area contributed by atoms with Crippen molar-refractivity contribution in [3.05, 3.63) is 137 Å². The number of esters is 3. The molecule has 57 heavy (non-hydrogen) atoms. The quantitative estimate of drug-likeness (QED) is 0.116. The molecule has 0 spiro atoms. The van der Waals surface area contributed by atoms with Crippen molar-refractivity contribution in [3.63, 3.8) is 0 Å². The number of aromatic carboxylic acids is 1. The van der Waals surface area contributed by atoms with Crippen LogP contribution in [0.2, 0.25) is 0 Å². The minimum atomic E-state index is -1.07. The molecule has 1 aliphatic carbocycles. The van der Waals surface area contributed by atoms with E-state index < -0.39 is 35.5 Å².